The molecule has 2 aromatic carbocycles. The maximum absolute atomic E-state index is 13.7. The summed E-state index contributed by atoms with van der Waals surface area (Å²) in [5.74, 6) is -0.159. The van der Waals surface area contributed by atoms with Crippen LogP contribution in [0.15, 0.2) is 42.5 Å². The Bertz CT molecular complexity index is 845. The van der Waals surface area contributed by atoms with Crippen molar-refractivity contribution >= 4 is 11.6 Å². The number of para-hydroxylation sites is 1. The number of anilines is 1. The van der Waals surface area contributed by atoms with Crippen molar-refractivity contribution < 1.29 is 14.3 Å². The fourth-order valence-corrected chi connectivity index (χ4v) is 4.14. The summed E-state index contributed by atoms with van der Waals surface area (Å²) in [4.78, 5) is 16.9. The van der Waals surface area contributed by atoms with Crippen LogP contribution >= 0.6 is 0 Å². The van der Waals surface area contributed by atoms with Gasteiger partial charge >= 0.3 is 0 Å². The highest BCUT2D eigenvalue weighted by atomic mass is 19.1. The van der Waals surface area contributed by atoms with Gasteiger partial charge in [0.1, 0.15) is 5.82 Å². The van der Waals surface area contributed by atoms with Crippen LogP contribution in [-0.2, 0) is 11.2 Å². The van der Waals surface area contributed by atoms with Crippen molar-refractivity contribution in [2.45, 2.75) is 39.2 Å². The molecule has 1 heterocycles. The summed E-state index contributed by atoms with van der Waals surface area (Å²) in [7, 11) is 0. The Morgan fingerprint density at radius 3 is 2.35 bits per heavy atom. The summed E-state index contributed by atoms with van der Waals surface area (Å²) in [5, 5.41) is 13.4. The number of carbonyl (C=O) groups is 1. The molecule has 1 unspecified atom stereocenters. The van der Waals surface area contributed by atoms with Gasteiger partial charge in [-0.05, 0) is 55.9 Å². The highest BCUT2D eigenvalue weighted by molar-refractivity contribution is 5.93. The Morgan fingerprint density at radius 2 is 1.68 bits per heavy atom. The number of piperazine rings is 1. The lowest BCUT2D eigenvalue weighted by Crippen LogP contribution is -2.50. The minimum absolute atomic E-state index is 0.0130. The number of benzene rings is 2. The molecule has 0 saturated carbocycles. The summed E-state index contributed by atoms with van der Waals surface area (Å²) in [6.07, 6.45) is 1.66. The Morgan fingerprint density at radius 1 is 1.03 bits per heavy atom. The van der Waals surface area contributed by atoms with Gasteiger partial charge in [-0.2, -0.15) is 0 Å². The summed E-state index contributed by atoms with van der Waals surface area (Å²) < 4.78 is 13.7. The monoisotopic (exact) mass is 427 g/mol. The molecular weight excluding hydrogens is 393 g/mol. The molecule has 0 spiro atoms. The Kier molecular flexibility index (Phi) is 8.58. The molecule has 1 aliphatic rings. The number of halogens is 1. The number of hydrogen-bond donors (Lipinski definition) is 2. The lowest BCUT2D eigenvalue weighted by molar-refractivity contribution is -0.117. The molecule has 168 valence electrons. The number of rotatable bonds is 9. The van der Waals surface area contributed by atoms with Crippen LogP contribution in [0.5, 0.6) is 0 Å². The van der Waals surface area contributed by atoms with Gasteiger partial charge in [-0.1, -0.05) is 36.4 Å². The van der Waals surface area contributed by atoms with Gasteiger partial charge in [-0.25, -0.2) is 4.39 Å². The molecule has 5 nitrogen and oxygen atoms in total. The summed E-state index contributed by atoms with van der Waals surface area (Å²) in [5.41, 5.74) is 3.76. The molecule has 0 aromatic heterocycles. The molecule has 0 bridgehead atoms. The second-order valence-corrected chi connectivity index (χ2v) is 8.53. The van der Waals surface area contributed by atoms with E-state index in [2.05, 4.69) is 15.1 Å². The van der Waals surface area contributed by atoms with Gasteiger partial charge in [0.25, 0.3) is 0 Å². The van der Waals surface area contributed by atoms with Gasteiger partial charge in [-0.3, -0.25) is 14.6 Å². The van der Waals surface area contributed by atoms with Crippen molar-refractivity contribution in [1.29, 1.82) is 0 Å². The van der Waals surface area contributed by atoms with E-state index in [4.69, 9.17) is 0 Å². The summed E-state index contributed by atoms with van der Waals surface area (Å²) in [6.45, 7) is 8.30. The van der Waals surface area contributed by atoms with E-state index in [9.17, 15) is 14.3 Å². The normalized spacial score (nSPS) is 16.3. The molecule has 1 fully saturated rings. The first kappa shape index (κ1) is 23.4. The number of hydrogen-bond acceptors (Lipinski definition) is 4. The predicted octanol–water partition coefficient (Wildman–Crippen LogP) is 3.38. The van der Waals surface area contributed by atoms with Gasteiger partial charge in [0.2, 0.25) is 5.91 Å². The zero-order valence-electron chi connectivity index (χ0n) is 18.6. The van der Waals surface area contributed by atoms with Crippen molar-refractivity contribution in [3.8, 4) is 0 Å². The van der Waals surface area contributed by atoms with Gasteiger partial charge < -0.3 is 10.4 Å². The number of amides is 1. The molecule has 31 heavy (non-hydrogen) atoms. The topological polar surface area (TPSA) is 55.8 Å². The van der Waals surface area contributed by atoms with Gasteiger partial charge in [0.05, 0.1) is 12.6 Å². The zero-order chi connectivity index (χ0) is 22.2. The highest BCUT2D eigenvalue weighted by Gasteiger charge is 2.21. The number of aliphatic hydroxyl groups excluding tert-OH is 1. The fourth-order valence-electron chi connectivity index (χ4n) is 4.14. The fraction of sp³-hybridized carbons (Fsp3) is 0.480. The molecule has 0 aliphatic carbocycles. The predicted molar refractivity (Wildman–Crippen MR) is 123 cm³/mol. The van der Waals surface area contributed by atoms with Crippen LogP contribution in [-0.4, -0.2) is 66.2 Å². The lowest BCUT2D eigenvalue weighted by atomic mass is 10.0. The van der Waals surface area contributed by atoms with Crippen molar-refractivity contribution in [2.75, 3.05) is 44.6 Å². The standard InChI is InChI=1S/C25H34FN3O2/c1-19-7-5-8-20(2)25(19)27-24(31)18-29-15-13-28(14-16-29)17-22(30)11-6-10-21-9-3-4-12-23(21)26/h3-5,7-9,12,22,30H,6,10-11,13-18H2,1-2H3,(H,27,31). The largest absolute Gasteiger partial charge is 0.392 e. The molecular formula is C25H34FN3O2. The number of carbonyl (C=O) groups excluding carboxylic acids is 1. The Hall–Kier alpha value is -2.28. The average molecular weight is 428 g/mol. The Labute approximate surface area is 184 Å². The first-order chi connectivity index (χ1) is 14.9. The molecule has 2 N–H and O–H groups in total. The van der Waals surface area contributed by atoms with E-state index < -0.39 is 6.10 Å². The van der Waals surface area contributed by atoms with E-state index >= 15 is 0 Å². The second-order valence-electron chi connectivity index (χ2n) is 8.53. The minimum atomic E-state index is -0.411. The highest BCUT2D eigenvalue weighted by Crippen LogP contribution is 2.19. The summed E-state index contributed by atoms with van der Waals surface area (Å²) >= 11 is 0. The SMILES string of the molecule is Cc1cccc(C)c1NC(=O)CN1CCN(CC(O)CCCc2ccccc2F)CC1. The molecule has 1 saturated heterocycles. The van der Waals surface area contributed by atoms with Gasteiger partial charge in [-0.15, -0.1) is 0 Å². The number of aryl methyl sites for hydroxylation is 3. The third kappa shape index (κ3) is 7.13. The van der Waals surface area contributed by atoms with Gasteiger partial charge in [0, 0.05) is 38.4 Å². The number of aliphatic hydroxyl groups is 1. The Balaban J connectivity index is 1.34. The van der Waals surface area contributed by atoms with Crippen LogP contribution in [0.4, 0.5) is 10.1 Å². The first-order valence-corrected chi connectivity index (χ1v) is 11.1. The number of nitrogens with zero attached hydrogens (tertiary/aromatic N) is 2. The quantitative estimate of drug-likeness (QED) is 0.644. The van der Waals surface area contributed by atoms with Crippen molar-refractivity contribution in [3.63, 3.8) is 0 Å². The van der Waals surface area contributed by atoms with Crippen LogP contribution in [0.25, 0.3) is 0 Å². The van der Waals surface area contributed by atoms with Crippen molar-refractivity contribution in [1.82, 2.24) is 9.80 Å². The molecule has 2 aromatic rings. The van der Waals surface area contributed by atoms with Crippen LogP contribution in [0.1, 0.15) is 29.5 Å². The van der Waals surface area contributed by atoms with E-state index in [1.54, 1.807) is 12.1 Å². The third-order valence-corrected chi connectivity index (χ3v) is 5.99. The van der Waals surface area contributed by atoms with Crippen LogP contribution in [0, 0.1) is 19.7 Å². The third-order valence-electron chi connectivity index (χ3n) is 5.99. The van der Waals surface area contributed by atoms with Crippen molar-refractivity contribution in [2.24, 2.45) is 0 Å². The lowest BCUT2D eigenvalue weighted by Gasteiger charge is -2.35. The van der Waals surface area contributed by atoms with Crippen molar-refractivity contribution in [3.05, 3.63) is 65.0 Å². The van der Waals surface area contributed by atoms with E-state index in [1.165, 1.54) is 6.07 Å². The second kappa shape index (κ2) is 11.4. The van der Waals surface area contributed by atoms with Crippen LogP contribution < -0.4 is 5.32 Å². The maximum Gasteiger partial charge on any atom is 0.238 e. The zero-order valence-corrected chi connectivity index (χ0v) is 18.6. The smallest absolute Gasteiger partial charge is 0.238 e. The molecule has 6 heteroatoms. The van der Waals surface area contributed by atoms with E-state index in [1.807, 2.05) is 38.1 Å². The number of nitrogens with one attached hydrogen (secondary N) is 1. The van der Waals surface area contributed by atoms with Crippen LogP contribution in [0.2, 0.25) is 0 Å². The summed E-state index contributed by atoms with van der Waals surface area (Å²) in [6, 6.07) is 12.8. The molecule has 1 amide bonds. The van der Waals surface area contributed by atoms with E-state index in [0.717, 1.165) is 49.4 Å². The molecule has 0 radical (unpaired) electrons. The molecule has 1 aliphatic heterocycles. The molecule has 3 rings (SSSR count). The van der Waals surface area contributed by atoms with Crippen LogP contribution in [0.3, 0.4) is 0 Å². The maximum atomic E-state index is 13.7. The number of β-amino-alcohol motifs (C(OH)–C–C–N with tert-alkyl or cyclic N) is 1. The van der Waals surface area contributed by atoms with Gasteiger partial charge in [0.15, 0.2) is 0 Å². The van der Waals surface area contributed by atoms with E-state index in [0.29, 0.717) is 31.5 Å². The molecule has 1 atom stereocenters. The first-order valence-electron chi connectivity index (χ1n) is 11.1. The minimum Gasteiger partial charge on any atom is -0.392 e. The van der Waals surface area contributed by atoms with E-state index in [-0.39, 0.29) is 11.7 Å². The average Bonchev–Trinajstić information content (AvgIpc) is 2.74.